The van der Waals surface area contributed by atoms with Crippen molar-refractivity contribution >= 4 is 17.9 Å². The highest BCUT2D eigenvalue weighted by Crippen LogP contribution is 2.15. The molecule has 0 heterocycles. The molecule has 356 valence electrons. The maximum atomic E-state index is 12.8. The van der Waals surface area contributed by atoms with Crippen LogP contribution < -0.4 is 0 Å². The van der Waals surface area contributed by atoms with Crippen LogP contribution in [0, 0.1) is 0 Å². The van der Waals surface area contributed by atoms with Crippen LogP contribution in [0.15, 0.2) is 36.5 Å². The van der Waals surface area contributed by atoms with Gasteiger partial charge in [0.05, 0.1) is 0 Å². The third kappa shape index (κ3) is 48.5. The van der Waals surface area contributed by atoms with Crippen LogP contribution >= 0.6 is 0 Å². The van der Waals surface area contributed by atoms with Gasteiger partial charge in [-0.15, -0.1) is 0 Å². The van der Waals surface area contributed by atoms with Gasteiger partial charge in [0, 0.05) is 19.3 Å². The fraction of sp³-hybridized carbons (Fsp3) is 0.836. The Hall–Kier alpha value is -2.37. The van der Waals surface area contributed by atoms with Gasteiger partial charge in [-0.05, 0) is 70.6 Å². The second-order valence-corrected chi connectivity index (χ2v) is 17.8. The SMILES string of the molecule is CCCC/C=C\C/C=C\CCCCCCCC(=O)O[C@@H](COC(=O)CCCCCCC/C=C\CCCCCCCCC)COC(=O)CCCCCCCCCCCCCCC. The summed E-state index contributed by atoms with van der Waals surface area (Å²) in [6, 6.07) is 0. The normalized spacial score (nSPS) is 12.2. The standard InChI is InChI=1S/C55H100O6/c1-4-7-10-13-16-19-22-25-27-28-31-33-36-39-42-45-48-54(57)60-51-52(50-59-53(56)47-44-41-38-35-32-29-24-21-18-15-12-9-6-3)61-55(58)49-46-43-40-37-34-30-26-23-20-17-14-11-8-5-2/h14,17,23,26-28,52H,4-13,15-16,18-22,24-25,29-51H2,1-3H3/b17-14-,26-23-,28-27-/t52-/m1/s1. The van der Waals surface area contributed by atoms with Gasteiger partial charge in [-0.25, -0.2) is 0 Å². The van der Waals surface area contributed by atoms with Crippen LogP contribution in [0.5, 0.6) is 0 Å². The fourth-order valence-electron chi connectivity index (χ4n) is 7.57. The van der Waals surface area contributed by atoms with Crippen molar-refractivity contribution in [3.8, 4) is 0 Å². The first-order valence-corrected chi connectivity index (χ1v) is 26.5. The van der Waals surface area contributed by atoms with Crippen molar-refractivity contribution in [2.45, 2.75) is 284 Å². The molecular formula is C55H100O6. The second-order valence-electron chi connectivity index (χ2n) is 17.8. The Kier molecular flexibility index (Phi) is 48.3. The molecule has 61 heavy (non-hydrogen) atoms. The third-order valence-corrected chi connectivity index (χ3v) is 11.6. The first-order chi connectivity index (χ1) is 30.0. The van der Waals surface area contributed by atoms with Gasteiger partial charge in [-0.2, -0.15) is 0 Å². The number of hydrogen-bond donors (Lipinski definition) is 0. The predicted molar refractivity (Wildman–Crippen MR) is 261 cm³/mol. The minimum atomic E-state index is -0.779. The Morgan fingerprint density at radius 2 is 0.607 bits per heavy atom. The lowest BCUT2D eigenvalue weighted by atomic mass is 10.0. The summed E-state index contributed by atoms with van der Waals surface area (Å²) in [5.41, 5.74) is 0. The van der Waals surface area contributed by atoms with Crippen LogP contribution in [0.25, 0.3) is 0 Å². The molecule has 0 aromatic rings. The molecule has 0 fully saturated rings. The number of hydrogen-bond acceptors (Lipinski definition) is 6. The third-order valence-electron chi connectivity index (χ3n) is 11.6. The Bertz CT molecular complexity index is 1030. The lowest BCUT2D eigenvalue weighted by molar-refractivity contribution is -0.167. The summed E-state index contributed by atoms with van der Waals surface area (Å²) in [5.74, 6) is -0.889. The van der Waals surface area contributed by atoms with Crippen molar-refractivity contribution < 1.29 is 28.6 Å². The Morgan fingerprint density at radius 1 is 0.328 bits per heavy atom. The van der Waals surface area contributed by atoms with E-state index in [0.29, 0.717) is 19.3 Å². The van der Waals surface area contributed by atoms with E-state index in [-0.39, 0.29) is 31.1 Å². The van der Waals surface area contributed by atoms with Gasteiger partial charge in [-0.1, -0.05) is 224 Å². The highest BCUT2D eigenvalue weighted by Gasteiger charge is 2.19. The molecule has 0 aliphatic carbocycles. The van der Waals surface area contributed by atoms with Gasteiger partial charge in [0.1, 0.15) is 13.2 Å². The summed E-state index contributed by atoms with van der Waals surface area (Å²) in [7, 11) is 0. The highest BCUT2D eigenvalue weighted by molar-refractivity contribution is 5.71. The molecule has 6 heteroatoms. The molecule has 0 unspecified atom stereocenters. The first kappa shape index (κ1) is 58.6. The average molecular weight is 857 g/mol. The van der Waals surface area contributed by atoms with E-state index in [1.54, 1.807) is 0 Å². The summed E-state index contributed by atoms with van der Waals surface area (Å²) in [4.78, 5) is 38.0. The van der Waals surface area contributed by atoms with Crippen LogP contribution in [-0.2, 0) is 28.6 Å². The molecule has 0 N–H and O–H groups in total. The summed E-state index contributed by atoms with van der Waals surface area (Å²) >= 11 is 0. The topological polar surface area (TPSA) is 78.9 Å². The molecule has 0 amide bonds. The monoisotopic (exact) mass is 857 g/mol. The maximum absolute atomic E-state index is 12.8. The molecule has 0 aromatic carbocycles. The van der Waals surface area contributed by atoms with E-state index in [1.165, 1.54) is 148 Å². The van der Waals surface area contributed by atoms with E-state index < -0.39 is 6.10 Å². The Morgan fingerprint density at radius 3 is 0.967 bits per heavy atom. The first-order valence-electron chi connectivity index (χ1n) is 26.5. The van der Waals surface area contributed by atoms with Crippen molar-refractivity contribution in [1.82, 2.24) is 0 Å². The predicted octanol–water partition coefficient (Wildman–Crippen LogP) is 17.3. The Balaban J connectivity index is 4.38. The zero-order valence-corrected chi connectivity index (χ0v) is 40.7. The zero-order chi connectivity index (χ0) is 44.4. The van der Waals surface area contributed by atoms with Gasteiger partial charge in [0.2, 0.25) is 0 Å². The minimum Gasteiger partial charge on any atom is -0.462 e. The average Bonchev–Trinajstić information content (AvgIpc) is 3.26. The molecule has 0 bridgehead atoms. The van der Waals surface area contributed by atoms with Crippen molar-refractivity contribution in [2.75, 3.05) is 13.2 Å². The van der Waals surface area contributed by atoms with Crippen molar-refractivity contribution in [3.05, 3.63) is 36.5 Å². The summed E-state index contributed by atoms with van der Waals surface area (Å²) in [6.07, 6.45) is 58.4. The summed E-state index contributed by atoms with van der Waals surface area (Å²) in [6.45, 7) is 6.60. The van der Waals surface area contributed by atoms with Crippen LogP contribution in [0.4, 0.5) is 0 Å². The smallest absolute Gasteiger partial charge is 0.306 e. The van der Waals surface area contributed by atoms with Crippen LogP contribution in [-0.4, -0.2) is 37.2 Å². The van der Waals surface area contributed by atoms with Crippen LogP contribution in [0.1, 0.15) is 278 Å². The van der Waals surface area contributed by atoms with Gasteiger partial charge in [-0.3, -0.25) is 14.4 Å². The van der Waals surface area contributed by atoms with E-state index in [9.17, 15) is 14.4 Å². The molecular weight excluding hydrogens is 757 g/mol. The molecule has 0 rings (SSSR count). The molecule has 0 saturated carbocycles. The van der Waals surface area contributed by atoms with E-state index in [1.807, 2.05) is 0 Å². The Labute approximate surface area is 378 Å². The second kappa shape index (κ2) is 50.3. The van der Waals surface area contributed by atoms with E-state index in [4.69, 9.17) is 14.2 Å². The van der Waals surface area contributed by atoms with Crippen molar-refractivity contribution in [1.29, 1.82) is 0 Å². The van der Waals surface area contributed by atoms with Crippen molar-refractivity contribution in [3.63, 3.8) is 0 Å². The van der Waals surface area contributed by atoms with E-state index in [0.717, 1.165) is 89.9 Å². The largest absolute Gasteiger partial charge is 0.462 e. The van der Waals surface area contributed by atoms with Crippen LogP contribution in [0.2, 0.25) is 0 Å². The minimum absolute atomic E-state index is 0.0775. The number of carbonyl (C=O) groups is 3. The van der Waals surface area contributed by atoms with E-state index >= 15 is 0 Å². The molecule has 0 radical (unpaired) electrons. The lowest BCUT2D eigenvalue weighted by Crippen LogP contribution is -2.30. The number of ether oxygens (including phenoxy) is 3. The lowest BCUT2D eigenvalue weighted by Gasteiger charge is -2.18. The molecule has 1 atom stereocenters. The quantitative estimate of drug-likeness (QED) is 0.0262. The number of rotatable bonds is 48. The number of unbranched alkanes of at least 4 members (excludes halogenated alkanes) is 31. The number of esters is 3. The highest BCUT2D eigenvalue weighted by atomic mass is 16.6. The number of allylic oxidation sites excluding steroid dienone is 6. The van der Waals surface area contributed by atoms with Gasteiger partial charge in [0.25, 0.3) is 0 Å². The molecule has 0 spiro atoms. The summed E-state index contributed by atoms with van der Waals surface area (Å²) < 4.78 is 16.8. The fourth-order valence-corrected chi connectivity index (χ4v) is 7.57. The van der Waals surface area contributed by atoms with Crippen molar-refractivity contribution in [2.24, 2.45) is 0 Å². The van der Waals surface area contributed by atoms with Gasteiger partial charge in [0.15, 0.2) is 6.10 Å². The molecule has 0 aliphatic rings. The number of carbonyl (C=O) groups excluding carboxylic acids is 3. The molecule has 6 nitrogen and oxygen atoms in total. The van der Waals surface area contributed by atoms with Gasteiger partial charge >= 0.3 is 17.9 Å². The zero-order valence-electron chi connectivity index (χ0n) is 40.7. The molecule has 0 saturated heterocycles. The maximum Gasteiger partial charge on any atom is 0.306 e. The molecule has 0 aliphatic heterocycles. The van der Waals surface area contributed by atoms with Crippen LogP contribution in [0.3, 0.4) is 0 Å². The van der Waals surface area contributed by atoms with E-state index in [2.05, 4.69) is 57.2 Å². The summed E-state index contributed by atoms with van der Waals surface area (Å²) in [5, 5.41) is 0. The van der Waals surface area contributed by atoms with Gasteiger partial charge < -0.3 is 14.2 Å². The molecule has 0 aromatic heterocycles.